The SMILES string of the molecule is CC(C)(C)c1cc(Br)ccc1OCC(=O)NNC(=O)COc1cccc2ccccc12. The van der Waals surface area contributed by atoms with Crippen molar-refractivity contribution in [2.75, 3.05) is 13.2 Å². The van der Waals surface area contributed by atoms with Crippen molar-refractivity contribution >= 4 is 38.5 Å². The summed E-state index contributed by atoms with van der Waals surface area (Å²) in [4.78, 5) is 24.2. The molecule has 0 heterocycles. The monoisotopic (exact) mass is 484 g/mol. The number of ether oxygens (including phenoxy) is 2. The summed E-state index contributed by atoms with van der Waals surface area (Å²) in [5, 5.41) is 1.94. The molecule has 0 atom stereocenters. The first kappa shape index (κ1) is 22.6. The minimum atomic E-state index is -0.472. The fourth-order valence-corrected chi connectivity index (χ4v) is 3.40. The van der Waals surface area contributed by atoms with Gasteiger partial charge in [-0.3, -0.25) is 20.4 Å². The molecule has 3 aromatic rings. The van der Waals surface area contributed by atoms with Crippen LogP contribution >= 0.6 is 15.9 Å². The summed E-state index contributed by atoms with van der Waals surface area (Å²) in [7, 11) is 0. The molecule has 0 saturated carbocycles. The Morgan fingerprint density at radius 1 is 0.839 bits per heavy atom. The van der Waals surface area contributed by atoms with E-state index in [9.17, 15) is 9.59 Å². The molecule has 0 fully saturated rings. The third-order valence-corrected chi connectivity index (χ3v) is 5.05. The number of carbonyl (C=O) groups is 2. The van der Waals surface area contributed by atoms with Gasteiger partial charge in [-0.05, 0) is 35.1 Å². The van der Waals surface area contributed by atoms with Crippen LogP contribution in [0.2, 0.25) is 0 Å². The summed E-state index contributed by atoms with van der Waals surface area (Å²) in [5.41, 5.74) is 5.51. The van der Waals surface area contributed by atoms with Crippen molar-refractivity contribution in [2.24, 2.45) is 0 Å². The van der Waals surface area contributed by atoms with Crippen LogP contribution in [0.3, 0.4) is 0 Å². The van der Waals surface area contributed by atoms with Gasteiger partial charge in [0, 0.05) is 15.4 Å². The minimum Gasteiger partial charge on any atom is -0.483 e. The molecule has 0 bridgehead atoms. The normalized spacial score (nSPS) is 11.1. The fraction of sp³-hybridized carbons (Fsp3) is 0.250. The zero-order valence-corrected chi connectivity index (χ0v) is 19.3. The summed E-state index contributed by atoms with van der Waals surface area (Å²) in [5.74, 6) is 0.283. The van der Waals surface area contributed by atoms with Gasteiger partial charge in [-0.1, -0.05) is 73.1 Å². The molecule has 3 rings (SSSR count). The van der Waals surface area contributed by atoms with Gasteiger partial charge in [0.25, 0.3) is 11.8 Å². The van der Waals surface area contributed by atoms with Crippen molar-refractivity contribution < 1.29 is 19.1 Å². The molecule has 2 N–H and O–H groups in total. The molecule has 3 aromatic carbocycles. The van der Waals surface area contributed by atoms with E-state index in [1.807, 2.05) is 54.6 Å². The van der Waals surface area contributed by atoms with Crippen molar-refractivity contribution in [3.63, 3.8) is 0 Å². The summed E-state index contributed by atoms with van der Waals surface area (Å²) in [6, 6.07) is 19.0. The van der Waals surface area contributed by atoms with Crippen molar-refractivity contribution in [1.29, 1.82) is 0 Å². The van der Waals surface area contributed by atoms with Crippen molar-refractivity contribution in [1.82, 2.24) is 10.9 Å². The topological polar surface area (TPSA) is 76.7 Å². The number of halogens is 1. The Balaban J connectivity index is 1.48. The molecular weight excluding hydrogens is 460 g/mol. The third-order valence-electron chi connectivity index (χ3n) is 4.56. The van der Waals surface area contributed by atoms with Crippen LogP contribution in [-0.2, 0) is 15.0 Å². The van der Waals surface area contributed by atoms with Gasteiger partial charge in [0.15, 0.2) is 13.2 Å². The number of nitrogens with one attached hydrogen (secondary N) is 2. The van der Waals surface area contributed by atoms with E-state index in [0.29, 0.717) is 11.5 Å². The molecule has 0 saturated heterocycles. The zero-order valence-electron chi connectivity index (χ0n) is 17.7. The van der Waals surface area contributed by atoms with Gasteiger partial charge >= 0.3 is 0 Å². The van der Waals surface area contributed by atoms with Gasteiger partial charge in [0.2, 0.25) is 0 Å². The molecule has 162 valence electrons. The van der Waals surface area contributed by atoms with Crippen LogP contribution in [0.4, 0.5) is 0 Å². The number of fused-ring (bicyclic) bond motifs is 1. The zero-order chi connectivity index (χ0) is 22.4. The maximum Gasteiger partial charge on any atom is 0.276 e. The Labute approximate surface area is 190 Å². The lowest BCUT2D eigenvalue weighted by molar-refractivity contribution is -0.131. The number of hydrogen-bond donors (Lipinski definition) is 2. The molecule has 0 aliphatic rings. The Kier molecular flexibility index (Phi) is 7.17. The summed E-state index contributed by atoms with van der Waals surface area (Å²) in [6.07, 6.45) is 0. The summed E-state index contributed by atoms with van der Waals surface area (Å²) >= 11 is 3.46. The van der Waals surface area contributed by atoms with Crippen LogP contribution in [-0.4, -0.2) is 25.0 Å². The molecular formula is C24H25BrN2O4. The minimum absolute atomic E-state index is 0.150. The van der Waals surface area contributed by atoms with Crippen LogP contribution in [0.1, 0.15) is 26.3 Å². The maximum absolute atomic E-state index is 12.1. The molecule has 0 spiro atoms. The number of rotatable bonds is 6. The average Bonchev–Trinajstić information content (AvgIpc) is 2.74. The highest BCUT2D eigenvalue weighted by molar-refractivity contribution is 9.10. The van der Waals surface area contributed by atoms with Crippen LogP contribution < -0.4 is 20.3 Å². The predicted molar refractivity (Wildman–Crippen MR) is 124 cm³/mol. The molecule has 0 aliphatic heterocycles. The standard InChI is InChI=1S/C24H25BrN2O4/c1-24(2,3)19-13-17(25)11-12-21(19)31-15-23(29)27-26-22(28)14-30-20-10-6-8-16-7-4-5-9-18(16)20/h4-13H,14-15H2,1-3H3,(H,26,28)(H,27,29). The van der Waals surface area contributed by atoms with Crippen molar-refractivity contribution in [2.45, 2.75) is 26.2 Å². The molecule has 31 heavy (non-hydrogen) atoms. The number of hydrogen-bond acceptors (Lipinski definition) is 4. The van der Waals surface area contributed by atoms with E-state index in [4.69, 9.17) is 9.47 Å². The first-order chi connectivity index (χ1) is 14.7. The molecule has 2 amide bonds. The van der Waals surface area contributed by atoms with E-state index < -0.39 is 11.8 Å². The summed E-state index contributed by atoms with van der Waals surface area (Å²) in [6.45, 7) is 5.75. The highest BCUT2D eigenvalue weighted by Crippen LogP contribution is 2.33. The first-order valence-electron chi connectivity index (χ1n) is 9.85. The number of benzene rings is 3. The largest absolute Gasteiger partial charge is 0.483 e. The van der Waals surface area contributed by atoms with Gasteiger partial charge in [0.05, 0.1) is 0 Å². The van der Waals surface area contributed by atoms with E-state index in [1.54, 1.807) is 6.07 Å². The Bertz CT molecular complexity index is 1090. The fourth-order valence-electron chi connectivity index (χ4n) is 3.03. The lowest BCUT2D eigenvalue weighted by atomic mass is 9.86. The molecule has 0 radical (unpaired) electrons. The maximum atomic E-state index is 12.1. The third kappa shape index (κ3) is 6.21. The van der Waals surface area contributed by atoms with Crippen LogP contribution in [0.15, 0.2) is 65.1 Å². The lowest BCUT2D eigenvalue weighted by Crippen LogP contribution is -2.45. The van der Waals surface area contributed by atoms with E-state index in [-0.39, 0.29) is 18.6 Å². The highest BCUT2D eigenvalue weighted by atomic mass is 79.9. The predicted octanol–water partition coefficient (Wildman–Crippen LogP) is 4.51. The van der Waals surface area contributed by atoms with E-state index in [1.165, 1.54) is 0 Å². The van der Waals surface area contributed by atoms with Crippen molar-refractivity contribution in [3.05, 3.63) is 70.7 Å². The Morgan fingerprint density at radius 2 is 1.45 bits per heavy atom. The smallest absolute Gasteiger partial charge is 0.276 e. The lowest BCUT2D eigenvalue weighted by Gasteiger charge is -2.23. The second kappa shape index (κ2) is 9.83. The number of carbonyl (C=O) groups excluding carboxylic acids is 2. The van der Waals surface area contributed by atoms with E-state index in [0.717, 1.165) is 20.8 Å². The Morgan fingerprint density at radius 3 is 2.13 bits per heavy atom. The van der Waals surface area contributed by atoms with Crippen LogP contribution in [0.25, 0.3) is 10.8 Å². The van der Waals surface area contributed by atoms with Crippen molar-refractivity contribution in [3.8, 4) is 11.5 Å². The molecule has 0 aliphatic carbocycles. The first-order valence-corrected chi connectivity index (χ1v) is 10.6. The van der Waals surface area contributed by atoms with Gasteiger partial charge < -0.3 is 9.47 Å². The average molecular weight is 485 g/mol. The second-order valence-electron chi connectivity index (χ2n) is 8.04. The van der Waals surface area contributed by atoms with Gasteiger partial charge in [-0.2, -0.15) is 0 Å². The van der Waals surface area contributed by atoms with E-state index >= 15 is 0 Å². The molecule has 7 heteroatoms. The van der Waals surface area contributed by atoms with Crippen LogP contribution in [0, 0.1) is 0 Å². The highest BCUT2D eigenvalue weighted by Gasteiger charge is 2.20. The second-order valence-corrected chi connectivity index (χ2v) is 8.96. The molecule has 0 unspecified atom stereocenters. The van der Waals surface area contributed by atoms with Gasteiger partial charge in [-0.15, -0.1) is 0 Å². The quantitative estimate of drug-likeness (QED) is 0.504. The van der Waals surface area contributed by atoms with E-state index in [2.05, 4.69) is 47.6 Å². The van der Waals surface area contributed by atoms with Crippen LogP contribution in [0.5, 0.6) is 11.5 Å². The number of amides is 2. The van der Waals surface area contributed by atoms with Gasteiger partial charge in [0.1, 0.15) is 11.5 Å². The molecule has 6 nitrogen and oxygen atoms in total. The Hall–Kier alpha value is -3.06. The van der Waals surface area contributed by atoms with Gasteiger partial charge in [-0.25, -0.2) is 0 Å². The summed E-state index contributed by atoms with van der Waals surface area (Å²) < 4.78 is 12.2. The molecule has 0 aromatic heterocycles. The number of hydrazine groups is 1.